The smallest absolute Gasteiger partial charge is 0.285 e. The van der Waals surface area contributed by atoms with E-state index in [0.717, 1.165) is 0 Å². The van der Waals surface area contributed by atoms with Gasteiger partial charge in [0.25, 0.3) is 11.6 Å². The van der Waals surface area contributed by atoms with Crippen molar-refractivity contribution in [2.24, 2.45) is 0 Å². The van der Waals surface area contributed by atoms with E-state index in [9.17, 15) is 88.6 Å². The van der Waals surface area contributed by atoms with Crippen LogP contribution in [0.25, 0.3) is 0 Å². The number of Topliss-reactive ketones (excluding diaryl/α,β-unsaturated/α-hetero) is 2. The van der Waals surface area contributed by atoms with Crippen LogP contribution in [-0.2, 0) is 14.3 Å². The summed E-state index contributed by atoms with van der Waals surface area (Å²) < 4.78 is 229. The van der Waals surface area contributed by atoms with Crippen molar-refractivity contribution in [1.82, 2.24) is 0 Å². The van der Waals surface area contributed by atoms with Crippen LogP contribution in [0.4, 0.5) is 79.0 Å². The molecule has 0 spiro atoms. The molecule has 0 aliphatic carbocycles. The molecule has 32 heavy (non-hydrogen) atoms. The average molecular weight is 524 g/mol. The van der Waals surface area contributed by atoms with Crippen molar-refractivity contribution in [3.63, 3.8) is 0 Å². The number of hydrogen-bond donors (Lipinski definition) is 0. The lowest BCUT2D eigenvalue weighted by molar-refractivity contribution is -0.473. The second-order valence-corrected chi connectivity index (χ2v) is 5.43. The first-order valence-corrected chi connectivity index (χ1v) is 6.65. The van der Waals surface area contributed by atoms with Crippen LogP contribution in [0, 0.1) is 0 Å². The number of hydrogen-bond acceptors (Lipinski definition) is 3. The van der Waals surface area contributed by atoms with Crippen molar-refractivity contribution >= 4 is 11.6 Å². The number of halogens is 18. The van der Waals surface area contributed by atoms with Crippen LogP contribution in [0.5, 0.6) is 0 Å². The molecule has 0 saturated heterocycles. The number of carbonyl (C=O) groups excluding carboxylic acids is 2. The largest absolute Gasteiger partial charge is 0.462 e. The maximum atomic E-state index is 13.7. The predicted molar refractivity (Wildman–Crippen MR) is 57.8 cm³/mol. The van der Waals surface area contributed by atoms with E-state index in [-0.39, 0.29) is 0 Å². The number of carbonyl (C=O) groups is 2. The Hall–Kier alpha value is -1.96. The van der Waals surface area contributed by atoms with E-state index in [1.807, 2.05) is 0 Å². The van der Waals surface area contributed by atoms with Gasteiger partial charge in [0, 0.05) is 0 Å². The summed E-state index contributed by atoms with van der Waals surface area (Å²) in [5.41, 5.74) is 0. The van der Waals surface area contributed by atoms with Gasteiger partial charge in [-0.3, -0.25) is 14.3 Å². The number of ketones is 2. The van der Waals surface area contributed by atoms with Crippen LogP contribution in [0.2, 0.25) is 0 Å². The molecule has 0 fully saturated rings. The van der Waals surface area contributed by atoms with Crippen LogP contribution in [-0.4, -0.2) is 66.2 Å². The van der Waals surface area contributed by atoms with Crippen LogP contribution in [0.3, 0.4) is 0 Å². The lowest BCUT2D eigenvalue weighted by Crippen LogP contribution is -2.67. The third kappa shape index (κ3) is 4.56. The molecule has 0 amide bonds. The molecule has 3 nitrogen and oxygen atoms in total. The van der Waals surface area contributed by atoms with E-state index in [2.05, 4.69) is 0 Å². The molecular formula is C11H2F18O3. The predicted octanol–water partition coefficient (Wildman–Crippen LogP) is 5.04. The normalized spacial score (nSPS) is 17.2. The van der Waals surface area contributed by atoms with Crippen LogP contribution in [0.15, 0.2) is 0 Å². The third-order valence-electron chi connectivity index (χ3n) is 3.13. The van der Waals surface area contributed by atoms with Gasteiger partial charge in [-0.05, 0) is 0 Å². The zero-order valence-electron chi connectivity index (χ0n) is 13.7. The second kappa shape index (κ2) is 7.82. The highest BCUT2D eigenvalue weighted by atomic mass is 19.4. The Morgan fingerprint density at radius 1 is 0.594 bits per heavy atom. The van der Waals surface area contributed by atoms with Gasteiger partial charge in [-0.2, -0.15) is 74.6 Å². The van der Waals surface area contributed by atoms with Crippen LogP contribution < -0.4 is 0 Å². The molecule has 1 atom stereocenters. The SMILES string of the molecule is O=C(C(F)(F)C(=O)C(F)(OC(F)(F)C(F)(F)C(F)(F)F)C(F)(F)F)C(F)(F)C(F)(F)CF. The second-order valence-electron chi connectivity index (χ2n) is 5.43. The Labute approximate surface area is 161 Å². The Balaban J connectivity index is 6.67. The lowest BCUT2D eigenvalue weighted by atomic mass is 9.95. The van der Waals surface area contributed by atoms with Gasteiger partial charge in [0.2, 0.25) is 0 Å². The first-order valence-electron chi connectivity index (χ1n) is 6.65. The van der Waals surface area contributed by atoms with E-state index >= 15 is 0 Å². The number of rotatable bonds is 9. The summed E-state index contributed by atoms with van der Waals surface area (Å²) in [4.78, 5) is 21.7. The molecule has 0 aromatic rings. The van der Waals surface area contributed by atoms with Crippen molar-refractivity contribution < 1.29 is 93.4 Å². The summed E-state index contributed by atoms with van der Waals surface area (Å²) in [7, 11) is 0. The Kier molecular flexibility index (Phi) is 7.34. The molecule has 21 heteroatoms. The first-order chi connectivity index (χ1) is 13.6. The monoisotopic (exact) mass is 524 g/mol. The summed E-state index contributed by atoms with van der Waals surface area (Å²) in [6.45, 7) is -3.72. The first kappa shape index (κ1) is 30.0. The van der Waals surface area contributed by atoms with Gasteiger partial charge in [-0.25, -0.2) is 4.39 Å². The summed E-state index contributed by atoms with van der Waals surface area (Å²) in [5.74, 6) is -47.3. The van der Waals surface area contributed by atoms with Gasteiger partial charge >= 0.3 is 48.0 Å². The topological polar surface area (TPSA) is 43.4 Å². The van der Waals surface area contributed by atoms with E-state index in [4.69, 9.17) is 0 Å². The lowest BCUT2D eigenvalue weighted by Gasteiger charge is -2.35. The number of alkyl halides is 18. The van der Waals surface area contributed by atoms with Gasteiger partial charge in [-0.15, -0.1) is 0 Å². The molecule has 0 rings (SSSR count). The van der Waals surface area contributed by atoms with E-state index < -0.39 is 66.2 Å². The maximum absolute atomic E-state index is 13.7. The van der Waals surface area contributed by atoms with E-state index in [1.165, 1.54) is 4.74 Å². The molecule has 0 saturated carbocycles. The third-order valence-corrected chi connectivity index (χ3v) is 3.13. The quantitative estimate of drug-likeness (QED) is 0.314. The molecule has 1 unspecified atom stereocenters. The van der Waals surface area contributed by atoms with Crippen LogP contribution >= 0.6 is 0 Å². The fraction of sp³-hybridized carbons (Fsp3) is 0.818. The van der Waals surface area contributed by atoms with Crippen molar-refractivity contribution in [2.45, 2.75) is 48.0 Å². The van der Waals surface area contributed by atoms with E-state index in [0.29, 0.717) is 0 Å². The fourth-order valence-corrected chi connectivity index (χ4v) is 1.39. The zero-order chi connectivity index (χ0) is 26.6. The van der Waals surface area contributed by atoms with Crippen molar-refractivity contribution in [3.05, 3.63) is 0 Å². The summed E-state index contributed by atoms with van der Waals surface area (Å²) >= 11 is 0. The van der Waals surface area contributed by atoms with Gasteiger partial charge in [0.1, 0.15) is 0 Å². The van der Waals surface area contributed by atoms with Crippen molar-refractivity contribution in [2.75, 3.05) is 6.67 Å². The van der Waals surface area contributed by atoms with Gasteiger partial charge in [0.15, 0.2) is 6.67 Å². The fourth-order valence-electron chi connectivity index (χ4n) is 1.39. The van der Waals surface area contributed by atoms with Gasteiger partial charge < -0.3 is 0 Å². The highest BCUT2D eigenvalue weighted by molar-refractivity contribution is 6.14. The van der Waals surface area contributed by atoms with Gasteiger partial charge in [-0.1, -0.05) is 0 Å². The molecule has 0 aliphatic heterocycles. The molecule has 0 aromatic heterocycles. The number of ether oxygens (including phenoxy) is 1. The van der Waals surface area contributed by atoms with Crippen molar-refractivity contribution in [1.29, 1.82) is 0 Å². The summed E-state index contributed by atoms with van der Waals surface area (Å²) in [5, 5.41) is 0. The minimum atomic E-state index is -7.89. The Morgan fingerprint density at radius 2 is 0.969 bits per heavy atom. The van der Waals surface area contributed by atoms with Crippen LogP contribution in [0.1, 0.15) is 0 Å². The Morgan fingerprint density at radius 3 is 1.25 bits per heavy atom. The molecule has 0 aromatic carbocycles. The van der Waals surface area contributed by atoms with Crippen molar-refractivity contribution in [3.8, 4) is 0 Å². The summed E-state index contributed by atoms with van der Waals surface area (Å²) in [6, 6.07) is 0. The maximum Gasteiger partial charge on any atom is 0.462 e. The van der Waals surface area contributed by atoms with E-state index in [1.54, 1.807) is 0 Å². The standard InChI is InChI=1S/C11H2F18O3/c12-1-4(13,14)6(17,18)2(30)5(15,16)3(31)7(19,9(22,23)24)32-11(28,29)8(20,21)10(25,26)27/h1H2. The minimum absolute atomic E-state index is 1.32. The molecule has 0 bridgehead atoms. The average Bonchev–Trinajstić information content (AvgIpc) is 2.57. The molecule has 0 aliphatic rings. The minimum Gasteiger partial charge on any atom is -0.285 e. The Bertz CT molecular complexity index is 733. The highest BCUT2D eigenvalue weighted by Gasteiger charge is 2.83. The molecule has 0 N–H and O–H groups in total. The summed E-state index contributed by atoms with van der Waals surface area (Å²) in [6.07, 6.45) is -23.3. The molecular weight excluding hydrogens is 522 g/mol. The highest BCUT2D eigenvalue weighted by Crippen LogP contribution is 2.52. The molecule has 190 valence electrons. The van der Waals surface area contributed by atoms with Gasteiger partial charge in [0.05, 0.1) is 0 Å². The zero-order valence-corrected chi connectivity index (χ0v) is 13.7. The molecule has 0 radical (unpaired) electrons. The molecule has 0 heterocycles.